The molecule has 56 valence electrons. The van der Waals surface area contributed by atoms with E-state index in [1.807, 2.05) is 29.8 Å². The predicted octanol–water partition coefficient (Wildman–Crippen LogP) is 0.936. The van der Waals surface area contributed by atoms with E-state index < -0.39 is 0 Å². The van der Waals surface area contributed by atoms with Crippen LogP contribution in [-0.2, 0) is 0 Å². The highest BCUT2D eigenvalue weighted by Crippen LogP contribution is 1.97. The van der Waals surface area contributed by atoms with E-state index >= 15 is 0 Å². The average molecular weight is 148 g/mol. The molecule has 0 atom stereocenters. The van der Waals surface area contributed by atoms with Crippen LogP contribution < -0.4 is 5.56 Å². The third kappa shape index (κ3) is 0.852. The molecular weight excluding hydrogens is 140 g/mol. The van der Waals surface area contributed by atoms with Gasteiger partial charge in [-0.2, -0.15) is 0 Å². The number of nitrogens with one attached hydrogen (secondary N) is 1. The van der Waals surface area contributed by atoms with Gasteiger partial charge < -0.3 is 9.38 Å². The Kier molecular flexibility index (Phi) is 1.12. The van der Waals surface area contributed by atoms with E-state index in [9.17, 15) is 4.79 Å². The van der Waals surface area contributed by atoms with Gasteiger partial charge in [-0.15, -0.1) is 0 Å². The highest BCUT2D eigenvalue weighted by Gasteiger charge is 1.95. The summed E-state index contributed by atoms with van der Waals surface area (Å²) in [5.41, 5.74) is 1.53. The number of H-pyrrole nitrogens is 1. The number of rotatable bonds is 0. The third-order valence-corrected chi connectivity index (χ3v) is 1.66. The monoisotopic (exact) mass is 148 g/mol. The first-order valence-electron chi connectivity index (χ1n) is 3.44. The van der Waals surface area contributed by atoms with Crippen molar-refractivity contribution in [2.75, 3.05) is 0 Å². The molecule has 2 rings (SSSR count). The Morgan fingerprint density at radius 2 is 2.36 bits per heavy atom. The average Bonchev–Trinajstić information content (AvgIpc) is 2.34. The van der Waals surface area contributed by atoms with Gasteiger partial charge in [0, 0.05) is 18.1 Å². The third-order valence-electron chi connectivity index (χ3n) is 1.66. The molecule has 0 aromatic carbocycles. The zero-order valence-electron chi connectivity index (χ0n) is 6.16. The molecule has 0 aliphatic heterocycles. The van der Waals surface area contributed by atoms with Gasteiger partial charge in [0.05, 0.1) is 0 Å². The SMILES string of the molecule is Cc1cn2cccc2c(=O)[nH]1. The summed E-state index contributed by atoms with van der Waals surface area (Å²) in [4.78, 5) is 13.9. The van der Waals surface area contributed by atoms with Crippen LogP contribution in [0.1, 0.15) is 5.69 Å². The molecule has 0 bridgehead atoms. The number of aromatic amines is 1. The smallest absolute Gasteiger partial charge is 0.272 e. The molecule has 1 N–H and O–H groups in total. The maximum Gasteiger partial charge on any atom is 0.272 e. The summed E-state index contributed by atoms with van der Waals surface area (Å²) >= 11 is 0. The summed E-state index contributed by atoms with van der Waals surface area (Å²) in [5.74, 6) is 0. The van der Waals surface area contributed by atoms with Crippen molar-refractivity contribution >= 4 is 5.52 Å². The fraction of sp³-hybridized carbons (Fsp3) is 0.125. The molecule has 0 fully saturated rings. The molecular formula is C8H8N2O. The summed E-state index contributed by atoms with van der Waals surface area (Å²) < 4.78 is 1.81. The molecule has 0 aliphatic carbocycles. The van der Waals surface area contributed by atoms with Gasteiger partial charge in [-0.3, -0.25) is 4.79 Å². The molecule has 0 spiro atoms. The van der Waals surface area contributed by atoms with Crippen LogP contribution in [0.2, 0.25) is 0 Å². The molecule has 0 saturated heterocycles. The highest BCUT2D eigenvalue weighted by atomic mass is 16.1. The van der Waals surface area contributed by atoms with Gasteiger partial charge >= 0.3 is 0 Å². The fourth-order valence-corrected chi connectivity index (χ4v) is 1.18. The van der Waals surface area contributed by atoms with Gasteiger partial charge in [0.15, 0.2) is 0 Å². The first-order chi connectivity index (χ1) is 5.27. The van der Waals surface area contributed by atoms with Crippen LogP contribution in [-0.4, -0.2) is 9.38 Å². The van der Waals surface area contributed by atoms with Gasteiger partial charge in [0.25, 0.3) is 5.56 Å². The Bertz CT molecular complexity index is 439. The van der Waals surface area contributed by atoms with Crippen LogP contribution in [0.15, 0.2) is 29.3 Å². The second kappa shape index (κ2) is 1.99. The van der Waals surface area contributed by atoms with Gasteiger partial charge in [0.2, 0.25) is 0 Å². The molecule has 2 aromatic heterocycles. The van der Waals surface area contributed by atoms with Gasteiger partial charge in [-0.1, -0.05) is 0 Å². The minimum atomic E-state index is -0.0324. The van der Waals surface area contributed by atoms with Crippen LogP contribution in [0.25, 0.3) is 5.52 Å². The fourth-order valence-electron chi connectivity index (χ4n) is 1.18. The van der Waals surface area contributed by atoms with Crippen molar-refractivity contribution in [1.29, 1.82) is 0 Å². The van der Waals surface area contributed by atoms with Crippen LogP contribution >= 0.6 is 0 Å². The first-order valence-corrected chi connectivity index (χ1v) is 3.44. The summed E-state index contributed by atoms with van der Waals surface area (Å²) in [6.45, 7) is 1.86. The largest absolute Gasteiger partial charge is 0.323 e. The molecule has 0 aliphatic rings. The lowest BCUT2D eigenvalue weighted by Crippen LogP contribution is -2.09. The summed E-state index contributed by atoms with van der Waals surface area (Å²) in [7, 11) is 0. The quantitative estimate of drug-likeness (QED) is 0.593. The lowest BCUT2D eigenvalue weighted by molar-refractivity contribution is 1.05. The lowest BCUT2D eigenvalue weighted by atomic mass is 10.5. The molecule has 0 unspecified atom stereocenters. The Hall–Kier alpha value is -1.51. The van der Waals surface area contributed by atoms with Crippen molar-refractivity contribution in [3.63, 3.8) is 0 Å². The molecule has 0 radical (unpaired) electrons. The topological polar surface area (TPSA) is 37.3 Å². The molecule has 2 heterocycles. The van der Waals surface area contributed by atoms with Crippen LogP contribution in [0.3, 0.4) is 0 Å². The van der Waals surface area contributed by atoms with Crippen LogP contribution in [0, 0.1) is 6.92 Å². The van der Waals surface area contributed by atoms with Gasteiger partial charge in [-0.25, -0.2) is 0 Å². The van der Waals surface area contributed by atoms with E-state index in [0.29, 0.717) is 5.52 Å². The van der Waals surface area contributed by atoms with Crippen molar-refractivity contribution in [3.05, 3.63) is 40.6 Å². The van der Waals surface area contributed by atoms with Gasteiger partial charge in [-0.05, 0) is 19.1 Å². The molecule has 3 nitrogen and oxygen atoms in total. The minimum Gasteiger partial charge on any atom is -0.323 e. The van der Waals surface area contributed by atoms with Crippen LogP contribution in [0.4, 0.5) is 0 Å². The van der Waals surface area contributed by atoms with Crippen LogP contribution in [0.5, 0.6) is 0 Å². The van der Waals surface area contributed by atoms with Crippen molar-refractivity contribution in [1.82, 2.24) is 9.38 Å². The maximum atomic E-state index is 11.2. The van der Waals surface area contributed by atoms with E-state index in [4.69, 9.17) is 0 Å². The number of fused-ring (bicyclic) bond motifs is 1. The van der Waals surface area contributed by atoms with Crippen molar-refractivity contribution in [2.24, 2.45) is 0 Å². The summed E-state index contributed by atoms with van der Waals surface area (Å²) in [5, 5.41) is 0. The Balaban J connectivity index is 3.02. The number of aryl methyl sites for hydroxylation is 1. The summed E-state index contributed by atoms with van der Waals surface area (Å²) in [6, 6.07) is 3.64. The Morgan fingerprint density at radius 3 is 3.18 bits per heavy atom. The minimum absolute atomic E-state index is 0.0324. The zero-order valence-corrected chi connectivity index (χ0v) is 6.16. The number of hydrogen-bond donors (Lipinski definition) is 1. The van der Waals surface area contributed by atoms with E-state index in [-0.39, 0.29) is 5.56 Å². The lowest BCUT2D eigenvalue weighted by Gasteiger charge is -1.94. The number of nitrogens with zero attached hydrogens (tertiary/aromatic N) is 1. The van der Waals surface area contributed by atoms with E-state index in [2.05, 4.69) is 4.98 Å². The molecule has 0 amide bonds. The molecule has 3 heteroatoms. The molecule has 2 aromatic rings. The standard InChI is InChI=1S/C8H8N2O/c1-6-5-10-4-2-3-7(10)8(11)9-6/h2-5H,1H3,(H,9,11). The van der Waals surface area contributed by atoms with Gasteiger partial charge in [0.1, 0.15) is 5.52 Å². The normalized spacial score (nSPS) is 10.6. The van der Waals surface area contributed by atoms with E-state index in [1.54, 1.807) is 6.07 Å². The van der Waals surface area contributed by atoms with E-state index in [1.165, 1.54) is 0 Å². The van der Waals surface area contributed by atoms with Crippen molar-refractivity contribution in [2.45, 2.75) is 6.92 Å². The maximum absolute atomic E-state index is 11.2. The van der Waals surface area contributed by atoms with E-state index in [0.717, 1.165) is 5.69 Å². The van der Waals surface area contributed by atoms with Crippen molar-refractivity contribution < 1.29 is 0 Å². The summed E-state index contributed by atoms with van der Waals surface area (Å²) in [6.07, 6.45) is 3.74. The first kappa shape index (κ1) is 6.22. The number of aromatic nitrogens is 2. The molecule has 0 saturated carbocycles. The predicted molar refractivity (Wildman–Crippen MR) is 42.8 cm³/mol. The second-order valence-electron chi connectivity index (χ2n) is 2.57. The Labute approximate surface area is 63.3 Å². The zero-order chi connectivity index (χ0) is 7.84. The van der Waals surface area contributed by atoms with Crippen molar-refractivity contribution in [3.8, 4) is 0 Å². The number of hydrogen-bond acceptors (Lipinski definition) is 1. The second-order valence-corrected chi connectivity index (χ2v) is 2.57. The molecule has 11 heavy (non-hydrogen) atoms. The Morgan fingerprint density at radius 1 is 1.55 bits per heavy atom. The highest BCUT2D eigenvalue weighted by molar-refractivity contribution is 5.44.